The van der Waals surface area contributed by atoms with E-state index in [1.54, 1.807) is 43.4 Å². The maximum Gasteiger partial charge on any atom is 0.321 e. The van der Waals surface area contributed by atoms with Crippen molar-refractivity contribution in [1.29, 1.82) is 0 Å². The van der Waals surface area contributed by atoms with Crippen molar-refractivity contribution in [3.8, 4) is 11.5 Å². The standard InChI is InChI=1S/C21H22N4O4/c1-27-17-9-7-16(8-10-17)22-21(26)25-12-15(13-25)20-23-19(24-29-20)11-14-5-3-4-6-18(14)28-2/h3-10,15H,11-13H2,1-2H3,(H,22,26). The lowest BCUT2D eigenvalue weighted by Gasteiger charge is -2.36. The third-order valence-corrected chi connectivity index (χ3v) is 4.88. The minimum absolute atomic E-state index is 0.0514. The summed E-state index contributed by atoms with van der Waals surface area (Å²) in [5.41, 5.74) is 1.72. The van der Waals surface area contributed by atoms with E-state index in [9.17, 15) is 4.79 Å². The van der Waals surface area contributed by atoms with Crippen molar-refractivity contribution < 1.29 is 18.8 Å². The lowest BCUT2D eigenvalue weighted by molar-refractivity contribution is 0.147. The zero-order valence-electron chi connectivity index (χ0n) is 16.3. The molecule has 2 aromatic carbocycles. The Balaban J connectivity index is 1.31. The number of nitrogens with one attached hydrogen (secondary N) is 1. The van der Waals surface area contributed by atoms with Gasteiger partial charge in [0.15, 0.2) is 5.82 Å². The fourth-order valence-corrected chi connectivity index (χ4v) is 3.20. The van der Waals surface area contributed by atoms with Gasteiger partial charge in [-0.1, -0.05) is 23.4 Å². The molecule has 1 fully saturated rings. The van der Waals surface area contributed by atoms with E-state index in [1.807, 2.05) is 24.3 Å². The fourth-order valence-electron chi connectivity index (χ4n) is 3.20. The molecule has 0 saturated carbocycles. The summed E-state index contributed by atoms with van der Waals surface area (Å²) in [5.74, 6) is 2.75. The molecule has 150 valence electrons. The van der Waals surface area contributed by atoms with Crippen LogP contribution < -0.4 is 14.8 Å². The van der Waals surface area contributed by atoms with Crippen LogP contribution in [0.4, 0.5) is 10.5 Å². The first-order valence-electron chi connectivity index (χ1n) is 9.30. The van der Waals surface area contributed by atoms with Gasteiger partial charge in [0, 0.05) is 30.8 Å². The van der Waals surface area contributed by atoms with Gasteiger partial charge in [0.1, 0.15) is 11.5 Å². The number of aromatic nitrogens is 2. The van der Waals surface area contributed by atoms with Crippen molar-refractivity contribution in [3.63, 3.8) is 0 Å². The second-order valence-corrected chi connectivity index (χ2v) is 6.80. The highest BCUT2D eigenvalue weighted by Crippen LogP contribution is 2.27. The number of hydrogen-bond donors (Lipinski definition) is 1. The molecule has 0 radical (unpaired) electrons. The highest BCUT2D eigenvalue weighted by atomic mass is 16.5. The highest BCUT2D eigenvalue weighted by Gasteiger charge is 2.35. The van der Waals surface area contributed by atoms with Gasteiger partial charge in [0.25, 0.3) is 0 Å². The Labute approximate surface area is 168 Å². The van der Waals surface area contributed by atoms with Crippen molar-refractivity contribution in [2.45, 2.75) is 12.3 Å². The van der Waals surface area contributed by atoms with E-state index in [1.165, 1.54) is 0 Å². The summed E-state index contributed by atoms with van der Waals surface area (Å²) in [6.45, 7) is 1.08. The van der Waals surface area contributed by atoms with Gasteiger partial charge in [0.05, 0.1) is 20.1 Å². The molecule has 8 nitrogen and oxygen atoms in total. The van der Waals surface area contributed by atoms with Crippen LogP contribution in [0.1, 0.15) is 23.2 Å². The van der Waals surface area contributed by atoms with Gasteiger partial charge in [-0.15, -0.1) is 0 Å². The molecule has 0 aliphatic carbocycles. The zero-order valence-corrected chi connectivity index (χ0v) is 16.3. The highest BCUT2D eigenvalue weighted by molar-refractivity contribution is 5.90. The molecule has 2 amide bonds. The van der Waals surface area contributed by atoms with Gasteiger partial charge in [-0.3, -0.25) is 0 Å². The van der Waals surface area contributed by atoms with E-state index < -0.39 is 0 Å². The number of carbonyl (C=O) groups is 1. The molecule has 0 bridgehead atoms. The number of nitrogens with zero attached hydrogens (tertiary/aromatic N) is 3. The number of anilines is 1. The van der Waals surface area contributed by atoms with Crippen molar-refractivity contribution in [2.24, 2.45) is 0 Å². The summed E-state index contributed by atoms with van der Waals surface area (Å²) in [6, 6.07) is 14.8. The molecule has 1 aliphatic heterocycles. The van der Waals surface area contributed by atoms with E-state index in [-0.39, 0.29) is 11.9 Å². The first kappa shape index (κ1) is 18.8. The molecular weight excluding hydrogens is 372 g/mol. The lowest BCUT2D eigenvalue weighted by Crippen LogP contribution is -2.50. The Morgan fingerprint density at radius 1 is 1.14 bits per heavy atom. The largest absolute Gasteiger partial charge is 0.497 e. The Kier molecular flexibility index (Phi) is 5.33. The molecule has 1 aliphatic rings. The van der Waals surface area contributed by atoms with Crippen LogP contribution in [0.2, 0.25) is 0 Å². The summed E-state index contributed by atoms with van der Waals surface area (Å²) in [5, 5.41) is 6.94. The number of likely N-dealkylation sites (tertiary alicyclic amines) is 1. The topological polar surface area (TPSA) is 89.7 Å². The van der Waals surface area contributed by atoms with Crippen LogP contribution >= 0.6 is 0 Å². The molecule has 2 heterocycles. The van der Waals surface area contributed by atoms with Gasteiger partial charge in [0.2, 0.25) is 5.89 Å². The molecule has 1 aromatic heterocycles. The minimum Gasteiger partial charge on any atom is -0.497 e. The average molecular weight is 394 g/mol. The zero-order chi connectivity index (χ0) is 20.2. The molecule has 29 heavy (non-hydrogen) atoms. The smallest absolute Gasteiger partial charge is 0.321 e. The van der Waals surface area contributed by atoms with Crippen LogP contribution in [0.15, 0.2) is 53.1 Å². The van der Waals surface area contributed by atoms with Crippen molar-refractivity contribution in [1.82, 2.24) is 15.0 Å². The molecule has 1 N–H and O–H groups in total. The third kappa shape index (κ3) is 4.16. The quantitative estimate of drug-likeness (QED) is 0.690. The third-order valence-electron chi connectivity index (χ3n) is 4.88. The maximum atomic E-state index is 12.3. The Bertz CT molecular complexity index is 980. The van der Waals surface area contributed by atoms with Crippen LogP contribution in [0.25, 0.3) is 0 Å². The Morgan fingerprint density at radius 3 is 2.62 bits per heavy atom. The molecular formula is C21H22N4O4. The Morgan fingerprint density at radius 2 is 1.90 bits per heavy atom. The Hall–Kier alpha value is -3.55. The van der Waals surface area contributed by atoms with Crippen molar-refractivity contribution >= 4 is 11.7 Å². The van der Waals surface area contributed by atoms with E-state index in [0.29, 0.717) is 31.2 Å². The number of urea groups is 1. The molecule has 8 heteroatoms. The minimum atomic E-state index is -0.153. The summed E-state index contributed by atoms with van der Waals surface area (Å²) >= 11 is 0. The van der Waals surface area contributed by atoms with Crippen molar-refractivity contribution in [3.05, 3.63) is 65.8 Å². The maximum absolute atomic E-state index is 12.3. The molecule has 1 saturated heterocycles. The molecule has 3 aromatic rings. The predicted molar refractivity (Wildman–Crippen MR) is 106 cm³/mol. The first-order chi connectivity index (χ1) is 14.2. The number of amides is 2. The average Bonchev–Trinajstić information content (AvgIpc) is 3.16. The first-order valence-corrected chi connectivity index (χ1v) is 9.30. The summed E-state index contributed by atoms with van der Waals surface area (Å²) in [6.07, 6.45) is 0.530. The van der Waals surface area contributed by atoms with Crippen LogP contribution in [0.5, 0.6) is 11.5 Å². The van der Waals surface area contributed by atoms with Gasteiger partial charge >= 0.3 is 6.03 Å². The SMILES string of the molecule is COc1ccc(NC(=O)N2CC(c3nc(Cc4ccccc4OC)no3)C2)cc1. The molecule has 0 spiro atoms. The van der Waals surface area contributed by atoms with Gasteiger partial charge in [-0.2, -0.15) is 4.98 Å². The number of ether oxygens (including phenoxy) is 2. The van der Waals surface area contributed by atoms with E-state index in [4.69, 9.17) is 14.0 Å². The van der Waals surface area contributed by atoms with Gasteiger partial charge < -0.3 is 24.2 Å². The number of methoxy groups -OCH3 is 2. The molecule has 4 rings (SSSR count). The number of carbonyl (C=O) groups excluding carboxylic acids is 1. The number of hydrogen-bond acceptors (Lipinski definition) is 6. The molecule has 0 atom stereocenters. The molecule has 0 unspecified atom stereocenters. The van der Waals surface area contributed by atoms with E-state index >= 15 is 0 Å². The van der Waals surface area contributed by atoms with Crippen LogP contribution in [-0.2, 0) is 6.42 Å². The fraction of sp³-hybridized carbons (Fsp3) is 0.286. The second-order valence-electron chi connectivity index (χ2n) is 6.80. The predicted octanol–water partition coefficient (Wildman–Crippen LogP) is 3.31. The lowest BCUT2D eigenvalue weighted by atomic mass is 10.0. The summed E-state index contributed by atoms with van der Waals surface area (Å²) in [7, 11) is 3.24. The summed E-state index contributed by atoms with van der Waals surface area (Å²) in [4.78, 5) is 18.5. The van der Waals surface area contributed by atoms with Gasteiger partial charge in [-0.25, -0.2) is 4.79 Å². The second kappa shape index (κ2) is 8.22. The van der Waals surface area contributed by atoms with E-state index in [0.717, 1.165) is 22.7 Å². The van der Waals surface area contributed by atoms with Crippen LogP contribution in [-0.4, -0.2) is 48.4 Å². The van der Waals surface area contributed by atoms with E-state index in [2.05, 4.69) is 15.5 Å². The normalized spacial score (nSPS) is 13.7. The number of rotatable bonds is 6. The summed E-state index contributed by atoms with van der Waals surface area (Å²) < 4.78 is 15.9. The monoisotopic (exact) mass is 394 g/mol. The number of benzene rings is 2. The van der Waals surface area contributed by atoms with Crippen molar-refractivity contribution in [2.75, 3.05) is 32.6 Å². The van der Waals surface area contributed by atoms with Crippen LogP contribution in [0, 0.1) is 0 Å². The van der Waals surface area contributed by atoms with Gasteiger partial charge in [-0.05, 0) is 30.3 Å². The van der Waals surface area contributed by atoms with Crippen LogP contribution in [0.3, 0.4) is 0 Å². The number of para-hydroxylation sites is 1.